The molecule has 1 aliphatic carbocycles. The maximum absolute atomic E-state index is 4.63. The van der Waals surface area contributed by atoms with E-state index in [9.17, 15) is 0 Å². The van der Waals surface area contributed by atoms with Crippen molar-refractivity contribution in [2.45, 2.75) is 38.6 Å². The van der Waals surface area contributed by atoms with Gasteiger partial charge in [0.15, 0.2) is 5.82 Å². The fourth-order valence-corrected chi connectivity index (χ4v) is 3.27. The number of anilines is 1. The molecule has 1 fully saturated rings. The van der Waals surface area contributed by atoms with E-state index in [0.717, 1.165) is 16.9 Å². The highest BCUT2D eigenvalue weighted by molar-refractivity contribution is 5.75. The second-order valence-electron chi connectivity index (χ2n) is 6.24. The van der Waals surface area contributed by atoms with E-state index in [0.29, 0.717) is 17.9 Å². The van der Waals surface area contributed by atoms with Crippen LogP contribution in [0.1, 0.15) is 32.6 Å². The van der Waals surface area contributed by atoms with Gasteiger partial charge in [-0.1, -0.05) is 37.1 Å². The Morgan fingerprint density at radius 2 is 2.00 bits per heavy atom. The van der Waals surface area contributed by atoms with Gasteiger partial charge in [0.05, 0.1) is 5.52 Å². The molecule has 0 spiro atoms. The molecule has 1 saturated carbocycles. The SMILES string of the molecule is C[C@H]1CCCC[C@H]1Nc1nccc(-n2nnc3ccccc32)n1. The summed E-state index contributed by atoms with van der Waals surface area (Å²) >= 11 is 0. The van der Waals surface area contributed by atoms with E-state index in [4.69, 9.17) is 0 Å². The van der Waals surface area contributed by atoms with E-state index in [-0.39, 0.29) is 0 Å². The van der Waals surface area contributed by atoms with Gasteiger partial charge in [0, 0.05) is 18.3 Å². The molecule has 0 aliphatic heterocycles. The lowest BCUT2D eigenvalue weighted by atomic mass is 9.86. The first kappa shape index (κ1) is 14.1. The van der Waals surface area contributed by atoms with Gasteiger partial charge in [0.1, 0.15) is 5.52 Å². The highest BCUT2D eigenvalue weighted by atomic mass is 15.4. The van der Waals surface area contributed by atoms with Crippen LogP contribution in [0.2, 0.25) is 0 Å². The number of nitrogens with zero attached hydrogens (tertiary/aromatic N) is 5. The Kier molecular flexibility index (Phi) is 3.65. The van der Waals surface area contributed by atoms with Crippen LogP contribution in [0.4, 0.5) is 5.95 Å². The fraction of sp³-hybridized carbons (Fsp3) is 0.412. The monoisotopic (exact) mass is 308 g/mol. The van der Waals surface area contributed by atoms with E-state index < -0.39 is 0 Å². The Balaban J connectivity index is 1.63. The van der Waals surface area contributed by atoms with Crippen LogP contribution < -0.4 is 5.32 Å². The number of fused-ring (bicyclic) bond motifs is 1. The Morgan fingerprint density at radius 1 is 1.13 bits per heavy atom. The number of aromatic nitrogens is 5. The molecule has 0 bridgehead atoms. The quantitative estimate of drug-likeness (QED) is 0.804. The van der Waals surface area contributed by atoms with E-state index in [2.05, 4.69) is 32.5 Å². The molecule has 118 valence electrons. The normalized spacial score (nSPS) is 21.4. The topological polar surface area (TPSA) is 68.5 Å². The van der Waals surface area contributed by atoms with Crippen LogP contribution in [0.3, 0.4) is 0 Å². The zero-order valence-electron chi connectivity index (χ0n) is 13.2. The molecule has 0 unspecified atom stereocenters. The lowest BCUT2D eigenvalue weighted by Crippen LogP contribution is -2.31. The second-order valence-corrected chi connectivity index (χ2v) is 6.24. The van der Waals surface area contributed by atoms with Crippen molar-refractivity contribution in [2.24, 2.45) is 5.92 Å². The molecule has 0 radical (unpaired) electrons. The number of hydrogen-bond donors (Lipinski definition) is 1. The van der Waals surface area contributed by atoms with E-state index >= 15 is 0 Å². The maximum Gasteiger partial charge on any atom is 0.224 e. The number of benzene rings is 1. The Labute approximate surface area is 135 Å². The third kappa shape index (κ3) is 2.76. The van der Waals surface area contributed by atoms with Crippen LogP contribution in [0, 0.1) is 5.92 Å². The zero-order chi connectivity index (χ0) is 15.6. The summed E-state index contributed by atoms with van der Waals surface area (Å²) in [4.78, 5) is 9.01. The van der Waals surface area contributed by atoms with Crippen molar-refractivity contribution in [1.82, 2.24) is 25.0 Å². The molecule has 1 N–H and O–H groups in total. The fourth-order valence-electron chi connectivity index (χ4n) is 3.27. The van der Waals surface area contributed by atoms with Crippen LogP contribution in [-0.2, 0) is 0 Å². The average molecular weight is 308 g/mol. The minimum atomic E-state index is 0.450. The van der Waals surface area contributed by atoms with Crippen molar-refractivity contribution in [1.29, 1.82) is 0 Å². The third-order valence-corrected chi connectivity index (χ3v) is 4.64. The van der Waals surface area contributed by atoms with E-state index in [1.807, 2.05) is 30.3 Å². The molecule has 3 aromatic rings. The minimum Gasteiger partial charge on any atom is -0.351 e. The largest absolute Gasteiger partial charge is 0.351 e. The molecular formula is C17H20N6. The molecule has 2 heterocycles. The predicted molar refractivity (Wildman–Crippen MR) is 89.5 cm³/mol. The van der Waals surface area contributed by atoms with Crippen LogP contribution in [-0.4, -0.2) is 31.0 Å². The molecule has 0 saturated heterocycles. The molecule has 1 aliphatic rings. The summed E-state index contributed by atoms with van der Waals surface area (Å²) in [6.45, 7) is 2.30. The summed E-state index contributed by atoms with van der Waals surface area (Å²) in [5.74, 6) is 2.06. The van der Waals surface area contributed by atoms with Gasteiger partial charge < -0.3 is 5.32 Å². The Hall–Kier alpha value is -2.50. The maximum atomic E-state index is 4.63. The standard InChI is InChI=1S/C17H20N6/c1-12-6-2-3-7-13(12)19-17-18-11-10-16(20-17)23-15-9-5-4-8-14(15)21-22-23/h4-5,8-13H,2-3,6-7H2,1H3,(H,18,19,20)/t12-,13+/m0/s1. The lowest BCUT2D eigenvalue weighted by molar-refractivity contribution is 0.348. The summed E-state index contributed by atoms with van der Waals surface area (Å²) in [7, 11) is 0. The summed E-state index contributed by atoms with van der Waals surface area (Å²) in [5.41, 5.74) is 1.81. The van der Waals surface area contributed by atoms with E-state index in [1.165, 1.54) is 25.7 Å². The van der Waals surface area contributed by atoms with Gasteiger partial charge in [-0.15, -0.1) is 5.10 Å². The van der Waals surface area contributed by atoms with Crippen LogP contribution in [0.15, 0.2) is 36.5 Å². The van der Waals surface area contributed by atoms with Crippen molar-refractivity contribution >= 4 is 17.0 Å². The van der Waals surface area contributed by atoms with Crippen LogP contribution in [0.25, 0.3) is 16.9 Å². The van der Waals surface area contributed by atoms with Crippen molar-refractivity contribution < 1.29 is 0 Å². The van der Waals surface area contributed by atoms with Gasteiger partial charge >= 0.3 is 0 Å². The number of rotatable bonds is 3. The molecular weight excluding hydrogens is 288 g/mol. The van der Waals surface area contributed by atoms with Gasteiger partial charge in [0.2, 0.25) is 5.95 Å². The van der Waals surface area contributed by atoms with Gasteiger partial charge in [-0.25, -0.2) is 4.98 Å². The van der Waals surface area contributed by atoms with Gasteiger partial charge in [-0.2, -0.15) is 9.67 Å². The summed E-state index contributed by atoms with van der Waals surface area (Å²) in [6, 6.07) is 10.2. The lowest BCUT2D eigenvalue weighted by Gasteiger charge is -2.29. The Morgan fingerprint density at radius 3 is 2.91 bits per heavy atom. The van der Waals surface area contributed by atoms with Gasteiger partial charge in [0.25, 0.3) is 0 Å². The molecule has 2 atom stereocenters. The highest BCUT2D eigenvalue weighted by Crippen LogP contribution is 2.26. The van der Waals surface area contributed by atoms with Crippen LogP contribution >= 0.6 is 0 Å². The molecule has 2 aromatic heterocycles. The molecule has 6 heteroatoms. The van der Waals surface area contributed by atoms with Crippen molar-refractivity contribution in [3.8, 4) is 5.82 Å². The molecule has 0 amide bonds. The van der Waals surface area contributed by atoms with Crippen molar-refractivity contribution in [3.63, 3.8) is 0 Å². The molecule has 4 rings (SSSR count). The summed E-state index contributed by atoms with van der Waals surface area (Å²) in [6.07, 6.45) is 6.82. The number of nitrogens with one attached hydrogen (secondary N) is 1. The predicted octanol–water partition coefficient (Wildman–Crippen LogP) is 3.20. The highest BCUT2D eigenvalue weighted by Gasteiger charge is 2.22. The second kappa shape index (κ2) is 5.95. The average Bonchev–Trinajstić information content (AvgIpc) is 3.01. The zero-order valence-corrected chi connectivity index (χ0v) is 13.2. The van der Waals surface area contributed by atoms with Gasteiger partial charge in [-0.05, 0) is 30.9 Å². The first-order chi connectivity index (χ1) is 11.3. The first-order valence-electron chi connectivity index (χ1n) is 8.22. The summed E-state index contributed by atoms with van der Waals surface area (Å²) in [5, 5.41) is 11.9. The summed E-state index contributed by atoms with van der Waals surface area (Å²) < 4.78 is 1.76. The third-order valence-electron chi connectivity index (χ3n) is 4.64. The smallest absolute Gasteiger partial charge is 0.224 e. The molecule has 23 heavy (non-hydrogen) atoms. The van der Waals surface area contributed by atoms with Crippen molar-refractivity contribution in [3.05, 3.63) is 36.5 Å². The van der Waals surface area contributed by atoms with E-state index in [1.54, 1.807) is 10.9 Å². The minimum absolute atomic E-state index is 0.450. The number of para-hydroxylation sites is 1. The molecule has 6 nitrogen and oxygen atoms in total. The van der Waals surface area contributed by atoms with Gasteiger partial charge in [-0.3, -0.25) is 0 Å². The van der Waals surface area contributed by atoms with Crippen molar-refractivity contribution in [2.75, 3.05) is 5.32 Å². The first-order valence-corrected chi connectivity index (χ1v) is 8.22. The number of hydrogen-bond acceptors (Lipinski definition) is 5. The Bertz CT molecular complexity index is 811. The van der Waals surface area contributed by atoms with Crippen LogP contribution in [0.5, 0.6) is 0 Å². The molecule has 1 aromatic carbocycles.